The molecule has 1 aliphatic rings. The van der Waals surface area contributed by atoms with Crippen LogP contribution in [0.5, 0.6) is 5.75 Å². The molecule has 2 aromatic carbocycles. The van der Waals surface area contributed by atoms with Gasteiger partial charge < -0.3 is 39.2 Å². The minimum absolute atomic E-state index is 0.215. The smallest absolute Gasteiger partial charge is 0.298 e. The number of primary amides is 2. The number of carbonyl (C=O) groups is 4. The second-order valence-electron chi connectivity index (χ2n) is 15.1. The van der Waals surface area contributed by atoms with Crippen LogP contribution in [0.2, 0.25) is 0 Å². The number of fused-ring (bicyclic) bond motifs is 2. The lowest BCUT2D eigenvalue weighted by Gasteiger charge is -2.26. The first-order chi connectivity index (χ1) is 29.8. The Morgan fingerprint density at radius 2 is 1.29 bits per heavy atom. The van der Waals surface area contributed by atoms with E-state index in [1.807, 2.05) is 49.0 Å². The van der Waals surface area contributed by atoms with Crippen molar-refractivity contribution in [2.75, 3.05) is 39.5 Å². The van der Waals surface area contributed by atoms with Gasteiger partial charge in [0, 0.05) is 71.0 Å². The van der Waals surface area contributed by atoms with Crippen LogP contribution in [0, 0.1) is 13.8 Å². The molecule has 326 valence electrons. The molecule has 0 spiro atoms. The molecule has 4 aromatic heterocycles. The van der Waals surface area contributed by atoms with Gasteiger partial charge in [0.15, 0.2) is 0 Å². The van der Waals surface area contributed by atoms with Crippen molar-refractivity contribution in [2.45, 2.75) is 60.3 Å². The third-order valence-electron chi connectivity index (χ3n) is 10.9. The van der Waals surface area contributed by atoms with Gasteiger partial charge in [0.1, 0.15) is 22.7 Å². The highest BCUT2D eigenvalue weighted by molar-refractivity contribution is 5.99. The zero-order valence-electron chi connectivity index (χ0n) is 36.0. The van der Waals surface area contributed by atoms with E-state index in [4.69, 9.17) is 20.9 Å². The molecule has 6 aromatic rings. The van der Waals surface area contributed by atoms with Crippen LogP contribution in [0.1, 0.15) is 73.3 Å². The van der Waals surface area contributed by atoms with Gasteiger partial charge in [0.2, 0.25) is 23.1 Å². The number of carbonyl (C=O) groups excluding carboxylic acids is 4. The summed E-state index contributed by atoms with van der Waals surface area (Å²) < 4.78 is 22.4. The Hall–Kier alpha value is -6.86. The van der Waals surface area contributed by atoms with Crippen molar-refractivity contribution in [3.8, 4) is 5.75 Å². The molecule has 0 bridgehead atoms. The SMILES string of the molecule is CCn1nc(C)cc1C(=O)/N=c1/n(C)c2cc(C(N)=O)ccc2n1C/C=C/Cn1/c(=N/C(=O)c2cc(C)nn2CC)n(C)c2cc(C(N)=O)cc(OCCCN3CCOCC3)c21. The maximum Gasteiger partial charge on any atom is 0.298 e. The summed E-state index contributed by atoms with van der Waals surface area (Å²) in [5.74, 6) is -1.75. The Morgan fingerprint density at radius 1 is 0.742 bits per heavy atom. The number of imidazole rings is 2. The second-order valence-corrected chi connectivity index (χ2v) is 15.1. The zero-order valence-corrected chi connectivity index (χ0v) is 36.0. The van der Waals surface area contributed by atoms with Gasteiger partial charge in [-0.15, -0.1) is 0 Å². The van der Waals surface area contributed by atoms with E-state index in [-0.39, 0.29) is 18.7 Å². The predicted molar refractivity (Wildman–Crippen MR) is 230 cm³/mol. The summed E-state index contributed by atoms with van der Waals surface area (Å²) in [7, 11) is 3.54. The number of hydrogen-bond donors (Lipinski definition) is 2. The molecule has 0 saturated carbocycles. The Bertz CT molecular complexity index is 2870. The van der Waals surface area contributed by atoms with Crippen LogP contribution < -0.4 is 27.4 Å². The van der Waals surface area contributed by atoms with E-state index < -0.39 is 23.6 Å². The fourth-order valence-corrected chi connectivity index (χ4v) is 7.82. The topological polar surface area (TPSA) is 222 Å². The number of rotatable bonds is 15. The summed E-state index contributed by atoms with van der Waals surface area (Å²) in [6.07, 6.45) is 4.56. The number of hydrogen-bond acceptors (Lipinski definition) is 9. The monoisotopic (exact) mass is 847 g/mol. The van der Waals surface area contributed by atoms with Gasteiger partial charge in [0.05, 0.1) is 47.8 Å². The van der Waals surface area contributed by atoms with Gasteiger partial charge in [-0.05, 0) is 76.6 Å². The van der Waals surface area contributed by atoms with Gasteiger partial charge in [-0.2, -0.15) is 20.2 Å². The Balaban J connectivity index is 1.31. The third-order valence-corrected chi connectivity index (χ3v) is 10.9. The van der Waals surface area contributed by atoms with Gasteiger partial charge in [-0.1, -0.05) is 12.2 Å². The quantitative estimate of drug-likeness (QED) is 0.114. The number of morpholine rings is 1. The molecule has 0 unspecified atom stereocenters. The number of aromatic nitrogens is 8. The van der Waals surface area contributed by atoms with Crippen molar-refractivity contribution in [1.82, 2.24) is 42.7 Å². The third kappa shape index (κ3) is 8.80. The minimum atomic E-state index is -0.626. The van der Waals surface area contributed by atoms with Crippen molar-refractivity contribution < 1.29 is 28.7 Å². The van der Waals surface area contributed by atoms with Crippen LogP contribution in [0.15, 0.2) is 64.6 Å². The lowest BCUT2D eigenvalue weighted by molar-refractivity contribution is 0.0358. The summed E-state index contributed by atoms with van der Waals surface area (Å²) >= 11 is 0. The highest BCUT2D eigenvalue weighted by Gasteiger charge is 2.21. The summed E-state index contributed by atoms with van der Waals surface area (Å²) in [5.41, 5.74) is 17.3. The molecule has 19 heteroatoms. The van der Waals surface area contributed by atoms with Crippen LogP contribution in [-0.2, 0) is 45.0 Å². The van der Waals surface area contributed by atoms with Crippen LogP contribution in [0.3, 0.4) is 0 Å². The van der Waals surface area contributed by atoms with Crippen LogP contribution >= 0.6 is 0 Å². The van der Waals surface area contributed by atoms with E-state index in [1.54, 1.807) is 75.1 Å². The van der Waals surface area contributed by atoms with Crippen molar-refractivity contribution in [1.29, 1.82) is 0 Å². The van der Waals surface area contributed by atoms with E-state index in [2.05, 4.69) is 25.1 Å². The van der Waals surface area contributed by atoms with E-state index in [1.165, 1.54) is 0 Å². The zero-order chi connectivity index (χ0) is 44.2. The maximum atomic E-state index is 13.9. The van der Waals surface area contributed by atoms with Crippen LogP contribution in [-0.4, -0.2) is 106 Å². The molecular formula is C43H53N13O6. The summed E-state index contributed by atoms with van der Waals surface area (Å²) in [6, 6.07) is 11.8. The first-order valence-electron chi connectivity index (χ1n) is 20.7. The van der Waals surface area contributed by atoms with Crippen molar-refractivity contribution in [2.24, 2.45) is 35.5 Å². The van der Waals surface area contributed by atoms with Gasteiger partial charge >= 0.3 is 0 Å². The molecule has 5 heterocycles. The molecule has 0 atom stereocenters. The standard InChI is InChI=1S/C43H53N13O6/c1-7-55-34(22-27(3)48-55)40(59)46-42-50(5)32-24-29(38(44)57)12-13-31(32)53(42)15-9-10-16-54-37-33(51(6)43(54)47-41(60)35-23-28(4)49-56(35)8-2)25-30(39(45)58)26-36(37)62-19-11-14-52-17-20-61-21-18-52/h9-10,12-13,22-26H,7-8,11,14-21H2,1-6H3,(H2,44,57)(H2,45,58)/b10-9+,46-42-,47-43+. The predicted octanol–water partition coefficient (Wildman–Crippen LogP) is 2.36. The van der Waals surface area contributed by atoms with Crippen LogP contribution in [0.4, 0.5) is 0 Å². The molecule has 0 aliphatic carbocycles. The van der Waals surface area contributed by atoms with Crippen molar-refractivity contribution in [3.63, 3.8) is 0 Å². The Labute approximate surface area is 357 Å². The molecule has 4 N–H and O–H groups in total. The number of ether oxygens (including phenoxy) is 2. The molecule has 1 saturated heterocycles. The number of nitrogens with zero attached hydrogens (tertiary/aromatic N) is 11. The number of benzene rings is 2. The van der Waals surface area contributed by atoms with E-state index >= 15 is 0 Å². The number of allylic oxidation sites excluding steroid dienone is 2. The minimum Gasteiger partial charge on any atom is -0.491 e. The summed E-state index contributed by atoms with van der Waals surface area (Å²) in [4.78, 5) is 64.0. The first kappa shape index (κ1) is 43.2. The normalized spacial score (nSPS) is 14.2. The van der Waals surface area contributed by atoms with Crippen molar-refractivity contribution >= 4 is 45.7 Å². The molecule has 19 nitrogen and oxygen atoms in total. The maximum absolute atomic E-state index is 13.9. The summed E-state index contributed by atoms with van der Waals surface area (Å²) in [6.45, 7) is 13.1. The average molecular weight is 848 g/mol. The molecule has 4 amide bonds. The average Bonchev–Trinajstić information content (AvgIpc) is 3.99. The Morgan fingerprint density at radius 3 is 1.87 bits per heavy atom. The van der Waals surface area contributed by atoms with Gasteiger partial charge in [-0.3, -0.25) is 33.4 Å². The van der Waals surface area contributed by atoms with Crippen LogP contribution in [0.25, 0.3) is 22.1 Å². The van der Waals surface area contributed by atoms with Gasteiger partial charge in [0.25, 0.3) is 11.8 Å². The largest absolute Gasteiger partial charge is 0.491 e. The molecule has 7 rings (SSSR count). The highest BCUT2D eigenvalue weighted by atomic mass is 16.5. The number of amides is 4. The molecule has 1 fully saturated rings. The second kappa shape index (κ2) is 18.4. The number of aryl methyl sites for hydroxylation is 6. The lowest BCUT2D eigenvalue weighted by Crippen LogP contribution is -2.37. The molecule has 62 heavy (non-hydrogen) atoms. The first-order valence-corrected chi connectivity index (χ1v) is 20.7. The van der Waals surface area contributed by atoms with E-state index in [0.29, 0.717) is 100 Å². The molecule has 1 aliphatic heterocycles. The molecular weight excluding hydrogens is 795 g/mol. The van der Waals surface area contributed by atoms with E-state index in [9.17, 15) is 19.2 Å². The molecule has 0 radical (unpaired) electrons. The number of nitrogens with two attached hydrogens (primary N) is 2. The lowest BCUT2D eigenvalue weighted by atomic mass is 10.1. The fraction of sp³-hybridized carbons (Fsp3) is 0.395. The van der Waals surface area contributed by atoms with Gasteiger partial charge in [-0.25, -0.2) is 0 Å². The highest BCUT2D eigenvalue weighted by Crippen LogP contribution is 2.28. The Kier molecular flexibility index (Phi) is 12.8. The van der Waals surface area contributed by atoms with E-state index in [0.717, 1.165) is 26.1 Å². The summed E-state index contributed by atoms with van der Waals surface area (Å²) in [5, 5.41) is 8.87. The fourth-order valence-electron chi connectivity index (χ4n) is 7.82. The van der Waals surface area contributed by atoms with Crippen molar-refractivity contribution in [3.05, 3.63) is 99.8 Å².